The van der Waals surface area contributed by atoms with Crippen LogP contribution in [0.4, 0.5) is 4.79 Å². The number of H-pyrrole nitrogens is 1. The molecule has 6 nitrogen and oxygen atoms in total. The molecule has 152 valence electrons. The smallest absolute Gasteiger partial charge is 0.312 e. The van der Waals surface area contributed by atoms with Gasteiger partial charge in [-0.25, -0.2) is 4.79 Å². The molecule has 0 aliphatic rings. The maximum atomic E-state index is 12.3. The van der Waals surface area contributed by atoms with Gasteiger partial charge in [0.2, 0.25) is 5.91 Å². The lowest BCUT2D eigenvalue weighted by Gasteiger charge is -2.19. The van der Waals surface area contributed by atoms with E-state index in [1.165, 1.54) is 0 Å². The van der Waals surface area contributed by atoms with E-state index in [4.69, 9.17) is 17.3 Å². The summed E-state index contributed by atoms with van der Waals surface area (Å²) in [7, 11) is 0. The summed E-state index contributed by atoms with van der Waals surface area (Å²) in [5.41, 5.74) is 8.15. The first-order valence-electron chi connectivity index (χ1n) is 9.66. The first-order chi connectivity index (χ1) is 14.1. The van der Waals surface area contributed by atoms with Crippen LogP contribution in [-0.2, 0) is 4.79 Å². The number of fused-ring (bicyclic) bond motifs is 1. The normalized spacial score (nSPS) is 11.9. The molecule has 0 spiro atoms. The second kappa shape index (κ2) is 9.98. The van der Waals surface area contributed by atoms with Crippen LogP contribution >= 0.6 is 11.6 Å². The fraction of sp³-hybridized carbons (Fsp3) is 0.273. The van der Waals surface area contributed by atoms with E-state index in [-0.39, 0.29) is 11.8 Å². The number of urea groups is 1. The minimum absolute atomic E-state index is 0.0269. The summed E-state index contributed by atoms with van der Waals surface area (Å²) in [6.45, 7) is 0.921. The van der Waals surface area contributed by atoms with Crippen LogP contribution in [0.15, 0.2) is 54.7 Å². The summed E-state index contributed by atoms with van der Waals surface area (Å²) >= 11 is 6.48. The number of aromatic nitrogens is 1. The fourth-order valence-corrected chi connectivity index (χ4v) is 3.72. The van der Waals surface area contributed by atoms with E-state index in [1.807, 2.05) is 48.7 Å². The van der Waals surface area contributed by atoms with Gasteiger partial charge in [-0.1, -0.05) is 48.0 Å². The van der Waals surface area contributed by atoms with Crippen LogP contribution in [0.2, 0.25) is 5.02 Å². The molecule has 3 aromatic rings. The molecule has 3 rings (SSSR count). The van der Waals surface area contributed by atoms with E-state index in [1.54, 1.807) is 0 Å². The predicted molar refractivity (Wildman–Crippen MR) is 116 cm³/mol. The number of halogens is 1. The molecule has 5 N–H and O–H groups in total. The van der Waals surface area contributed by atoms with Crippen LogP contribution in [0.5, 0.6) is 0 Å². The topological polar surface area (TPSA) is 100 Å². The van der Waals surface area contributed by atoms with Gasteiger partial charge >= 0.3 is 6.03 Å². The SMILES string of the molecule is NC(=O)NCCCCC(=O)NC[C@@H](c1ccccc1Cl)c1c[nH]c2ccccc12. The second-order valence-electron chi connectivity index (χ2n) is 6.92. The molecule has 0 bridgehead atoms. The predicted octanol–water partition coefficient (Wildman–Crippen LogP) is 3.91. The van der Waals surface area contributed by atoms with Crippen molar-refractivity contribution in [2.45, 2.75) is 25.2 Å². The van der Waals surface area contributed by atoms with Crippen LogP contribution in [-0.4, -0.2) is 30.0 Å². The number of nitrogens with two attached hydrogens (primary N) is 1. The number of hydrogen-bond donors (Lipinski definition) is 4. The Morgan fingerprint density at radius 1 is 1.00 bits per heavy atom. The molecule has 0 radical (unpaired) electrons. The molecule has 2 aromatic carbocycles. The minimum atomic E-state index is -0.546. The Kier molecular flexibility index (Phi) is 7.14. The van der Waals surface area contributed by atoms with Gasteiger partial charge in [0.1, 0.15) is 0 Å². The quantitative estimate of drug-likeness (QED) is 0.400. The van der Waals surface area contributed by atoms with Crippen molar-refractivity contribution in [1.29, 1.82) is 0 Å². The lowest BCUT2D eigenvalue weighted by molar-refractivity contribution is -0.121. The van der Waals surface area contributed by atoms with Gasteiger partial charge in [-0.05, 0) is 36.1 Å². The highest BCUT2D eigenvalue weighted by molar-refractivity contribution is 6.31. The van der Waals surface area contributed by atoms with Crippen molar-refractivity contribution in [1.82, 2.24) is 15.6 Å². The first kappa shape index (κ1) is 20.7. The number of primary amides is 1. The number of amides is 3. The highest BCUT2D eigenvalue weighted by Gasteiger charge is 2.21. The van der Waals surface area contributed by atoms with Gasteiger partial charge in [0.15, 0.2) is 0 Å². The third kappa shape index (κ3) is 5.51. The monoisotopic (exact) mass is 412 g/mol. The maximum Gasteiger partial charge on any atom is 0.312 e. The molecule has 0 saturated heterocycles. The molecule has 1 atom stereocenters. The molecule has 0 fully saturated rings. The van der Waals surface area contributed by atoms with Crippen molar-refractivity contribution < 1.29 is 9.59 Å². The Bertz CT molecular complexity index is 986. The Hall–Kier alpha value is -2.99. The third-order valence-corrected chi connectivity index (χ3v) is 5.25. The number of carbonyl (C=O) groups excluding carboxylic acids is 2. The van der Waals surface area contributed by atoms with Crippen LogP contribution < -0.4 is 16.4 Å². The Labute approximate surface area is 174 Å². The van der Waals surface area contributed by atoms with Gasteiger partial charge in [-0.15, -0.1) is 0 Å². The van der Waals surface area contributed by atoms with E-state index in [2.05, 4.69) is 21.7 Å². The van der Waals surface area contributed by atoms with Crippen LogP contribution in [0.25, 0.3) is 10.9 Å². The van der Waals surface area contributed by atoms with Gasteiger partial charge in [-0.3, -0.25) is 4.79 Å². The summed E-state index contributed by atoms with van der Waals surface area (Å²) < 4.78 is 0. The number of rotatable bonds is 9. The van der Waals surface area contributed by atoms with E-state index in [0.717, 1.165) is 22.0 Å². The Balaban J connectivity index is 1.69. The second-order valence-corrected chi connectivity index (χ2v) is 7.32. The zero-order chi connectivity index (χ0) is 20.6. The van der Waals surface area contributed by atoms with Gasteiger partial charge < -0.3 is 21.4 Å². The summed E-state index contributed by atoms with van der Waals surface area (Å²) in [5, 5.41) is 7.35. The van der Waals surface area contributed by atoms with Gasteiger partial charge in [0, 0.05) is 47.6 Å². The van der Waals surface area contributed by atoms with E-state index >= 15 is 0 Å². The molecule has 29 heavy (non-hydrogen) atoms. The average molecular weight is 413 g/mol. The van der Waals surface area contributed by atoms with E-state index < -0.39 is 6.03 Å². The zero-order valence-electron chi connectivity index (χ0n) is 16.1. The molecule has 0 saturated carbocycles. The molecule has 0 unspecified atom stereocenters. The number of benzene rings is 2. The molecular formula is C22H25ClN4O2. The standard InChI is InChI=1S/C22H25ClN4O2/c23-19-9-3-1-7-15(19)17(18-13-26-20-10-4-2-8-16(18)20)14-27-21(28)11-5-6-12-25-22(24)29/h1-4,7-10,13,17,26H,5-6,11-12,14H2,(H,27,28)(H3,24,25,29)/t17-/m0/s1. The van der Waals surface area contributed by atoms with Gasteiger partial charge in [-0.2, -0.15) is 0 Å². The van der Waals surface area contributed by atoms with Crippen molar-refractivity contribution in [3.8, 4) is 0 Å². The van der Waals surface area contributed by atoms with Crippen LogP contribution in [0, 0.1) is 0 Å². The fourth-order valence-electron chi connectivity index (χ4n) is 3.45. The highest BCUT2D eigenvalue weighted by Crippen LogP contribution is 2.34. The lowest BCUT2D eigenvalue weighted by Crippen LogP contribution is -2.31. The molecule has 1 heterocycles. The lowest BCUT2D eigenvalue weighted by atomic mass is 9.90. The molecule has 3 amide bonds. The van der Waals surface area contributed by atoms with Gasteiger partial charge in [0.25, 0.3) is 0 Å². The number of hydrogen-bond acceptors (Lipinski definition) is 2. The average Bonchev–Trinajstić information content (AvgIpc) is 3.13. The largest absolute Gasteiger partial charge is 0.361 e. The Morgan fingerprint density at radius 2 is 1.76 bits per heavy atom. The minimum Gasteiger partial charge on any atom is -0.361 e. The summed E-state index contributed by atoms with van der Waals surface area (Å²) in [6, 6.07) is 15.3. The van der Waals surface area contributed by atoms with Crippen molar-refractivity contribution in [2.75, 3.05) is 13.1 Å². The molecular weight excluding hydrogens is 388 g/mol. The Morgan fingerprint density at radius 3 is 2.55 bits per heavy atom. The number of para-hydroxylation sites is 1. The van der Waals surface area contributed by atoms with Crippen molar-refractivity contribution >= 4 is 34.4 Å². The molecule has 0 aliphatic heterocycles. The first-order valence-corrected chi connectivity index (χ1v) is 10.0. The van der Waals surface area contributed by atoms with Gasteiger partial charge in [0.05, 0.1) is 0 Å². The number of unbranched alkanes of at least 4 members (excludes halogenated alkanes) is 1. The van der Waals surface area contributed by atoms with E-state index in [9.17, 15) is 9.59 Å². The summed E-state index contributed by atoms with van der Waals surface area (Å²) in [5.74, 6) is -0.0960. The van der Waals surface area contributed by atoms with Crippen molar-refractivity contribution in [3.63, 3.8) is 0 Å². The van der Waals surface area contributed by atoms with Crippen molar-refractivity contribution in [2.24, 2.45) is 5.73 Å². The highest BCUT2D eigenvalue weighted by atomic mass is 35.5. The summed E-state index contributed by atoms with van der Waals surface area (Å²) in [4.78, 5) is 26.3. The van der Waals surface area contributed by atoms with Crippen LogP contribution in [0.1, 0.15) is 36.3 Å². The zero-order valence-corrected chi connectivity index (χ0v) is 16.8. The van der Waals surface area contributed by atoms with Crippen molar-refractivity contribution in [3.05, 3.63) is 70.9 Å². The molecule has 7 heteroatoms. The number of aromatic amines is 1. The summed E-state index contributed by atoms with van der Waals surface area (Å²) in [6.07, 6.45) is 3.76. The maximum absolute atomic E-state index is 12.3. The number of carbonyl (C=O) groups is 2. The third-order valence-electron chi connectivity index (χ3n) is 4.91. The van der Waals surface area contributed by atoms with E-state index in [0.29, 0.717) is 37.4 Å². The molecule has 0 aliphatic carbocycles. The van der Waals surface area contributed by atoms with Crippen LogP contribution in [0.3, 0.4) is 0 Å². The molecule has 1 aromatic heterocycles. The number of nitrogens with one attached hydrogen (secondary N) is 3.